The van der Waals surface area contributed by atoms with Crippen LogP contribution in [0.1, 0.15) is 53.0 Å². The minimum Gasteiger partial charge on any atom is -0.368 e. The number of nitrogens with one attached hydrogen (secondary N) is 2. The van der Waals surface area contributed by atoms with Crippen LogP contribution >= 0.6 is 11.6 Å². The lowest BCUT2D eigenvalue weighted by molar-refractivity contribution is -0.127. The normalized spacial score (nSPS) is 25.9. The number of likely N-dealkylation sites (tertiary alicyclic amines) is 1. The van der Waals surface area contributed by atoms with Crippen molar-refractivity contribution in [3.05, 3.63) is 18.3 Å². The molecule has 192 valence electrons. The Bertz CT molecular complexity index is 1260. The van der Waals surface area contributed by atoms with E-state index in [2.05, 4.69) is 35.7 Å². The van der Waals surface area contributed by atoms with Crippen molar-refractivity contribution in [2.75, 3.05) is 37.0 Å². The van der Waals surface area contributed by atoms with Crippen LogP contribution in [0.15, 0.2) is 23.2 Å². The Balaban J connectivity index is 1.60. The van der Waals surface area contributed by atoms with Gasteiger partial charge in [-0.25, -0.2) is 13.1 Å². The highest BCUT2D eigenvalue weighted by Crippen LogP contribution is 2.38. The lowest BCUT2D eigenvalue weighted by Crippen LogP contribution is -2.61. The van der Waals surface area contributed by atoms with Gasteiger partial charge >= 0.3 is 0 Å². The highest BCUT2D eigenvalue weighted by atomic mass is 35.5. The largest absolute Gasteiger partial charge is 0.368 e. The first-order valence-corrected chi connectivity index (χ1v) is 14.3. The molecule has 3 fully saturated rings. The molecule has 1 aromatic carbocycles. The molecule has 2 N–H and O–H groups in total. The number of fused-ring (bicyclic) bond motifs is 1. The van der Waals surface area contributed by atoms with E-state index in [1.54, 1.807) is 17.0 Å². The summed E-state index contributed by atoms with van der Waals surface area (Å²) >= 11 is 5.77. The van der Waals surface area contributed by atoms with Gasteiger partial charge in [0.15, 0.2) is 0 Å². The summed E-state index contributed by atoms with van der Waals surface area (Å²) in [4.78, 5) is 16.4. The SMILES string of the molecule is C[C@@H]1CN(c2cc(S(=O)(=O)NC3(C)CC3)cc3c2cnn3C2CCN(C(=O)CCl)C2)CC(C)(C)N1. The second kappa shape index (κ2) is 8.61. The zero-order valence-corrected chi connectivity index (χ0v) is 22.4. The Kier molecular flexibility index (Phi) is 6.10. The summed E-state index contributed by atoms with van der Waals surface area (Å²) < 4.78 is 31.7. The Morgan fingerprint density at radius 2 is 2.00 bits per heavy atom. The Labute approximate surface area is 212 Å². The van der Waals surface area contributed by atoms with Crippen LogP contribution in [0.2, 0.25) is 0 Å². The summed E-state index contributed by atoms with van der Waals surface area (Å²) in [6.45, 7) is 11.0. The van der Waals surface area contributed by atoms with E-state index >= 15 is 0 Å². The monoisotopic (exact) mass is 522 g/mol. The van der Waals surface area contributed by atoms with Crippen LogP contribution in [-0.4, -0.2) is 78.2 Å². The molecule has 0 spiro atoms. The van der Waals surface area contributed by atoms with Crippen LogP contribution in [0.25, 0.3) is 10.9 Å². The number of amides is 1. The Hall–Kier alpha value is -1.88. The lowest BCUT2D eigenvalue weighted by atomic mass is 9.98. The smallest absolute Gasteiger partial charge is 0.241 e. The van der Waals surface area contributed by atoms with Gasteiger partial charge in [-0.1, -0.05) is 0 Å². The van der Waals surface area contributed by atoms with Crippen molar-refractivity contribution < 1.29 is 13.2 Å². The number of hydrogen-bond donors (Lipinski definition) is 2. The molecule has 35 heavy (non-hydrogen) atoms. The quantitative estimate of drug-likeness (QED) is 0.565. The number of aromatic nitrogens is 2. The third-order valence-electron chi connectivity index (χ3n) is 7.39. The molecule has 9 nitrogen and oxygen atoms in total. The number of hydrogen-bond acceptors (Lipinski definition) is 6. The molecule has 3 aliphatic rings. The van der Waals surface area contributed by atoms with Gasteiger partial charge < -0.3 is 15.1 Å². The number of carbonyl (C=O) groups excluding carboxylic acids is 1. The Morgan fingerprint density at radius 3 is 2.66 bits per heavy atom. The van der Waals surface area contributed by atoms with E-state index in [1.807, 2.05) is 17.8 Å². The maximum absolute atomic E-state index is 13.5. The number of anilines is 1. The van der Waals surface area contributed by atoms with Crippen molar-refractivity contribution in [2.24, 2.45) is 0 Å². The third kappa shape index (κ3) is 4.90. The first-order valence-electron chi connectivity index (χ1n) is 12.3. The van der Waals surface area contributed by atoms with Gasteiger partial charge in [0, 0.05) is 54.4 Å². The zero-order valence-electron chi connectivity index (χ0n) is 20.8. The molecule has 1 unspecified atom stereocenters. The fraction of sp³-hybridized carbons (Fsp3) is 0.667. The number of halogens is 1. The fourth-order valence-electron chi connectivity index (χ4n) is 5.55. The number of nitrogens with zero attached hydrogens (tertiary/aromatic N) is 4. The standard InChI is InChI=1S/C24H35ClN6O3S/c1-16-13-30(15-23(2,3)27-16)20-9-18(35(33,34)28-24(4)6-7-24)10-21-19(20)12-26-31(21)17-5-8-29(14-17)22(32)11-25/h9-10,12,16-17,27-28H,5-8,11,13-15H2,1-4H3/t16-,17?/m1/s1. The molecule has 1 amide bonds. The molecule has 3 heterocycles. The fourth-order valence-corrected chi connectivity index (χ4v) is 7.22. The topological polar surface area (TPSA) is 99.6 Å². The lowest BCUT2D eigenvalue weighted by Gasteiger charge is -2.44. The van der Waals surface area contributed by atoms with Crippen LogP contribution in [-0.2, 0) is 14.8 Å². The Morgan fingerprint density at radius 1 is 1.26 bits per heavy atom. The highest BCUT2D eigenvalue weighted by Gasteiger charge is 2.42. The molecule has 11 heteroatoms. The van der Waals surface area contributed by atoms with E-state index in [1.165, 1.54) is 0 Å². The number of carbonyl (C=O) groups is 1. The predicted molar refractivity (Wildman–Crippen MR) is 138 cm³/mol. The van der Waals surface area contributed by atoms with E-state index in [-0.39, 0.29) is 39.8 Å². The molecule has 2 aliphatic heterocycles. The van der Waals surface area contributed by atoms with Gasteiger partial charge in [0.25, 0.3) is 0 Å². The van der Waals surface area contributed by atoms with Crippen molar-refractivity contribution in [1.82, 2.24) is 24.7 Å². The van der Waals surface area contributed by atoms with Crippen molar-refractivity contribution in [1.29, 1.82) is 0 Å². The number of alkyl halides is 1. The van der Waals surface area contributed by atoms with Crippen LogP contribution in [0, 0.1) is 0 Å². The van der Waals surface area contributed by atoms with Crippen LogP contribution in [0.3, 0.4) is 0 Å². The summed E-state index contributed by atoms with van der Waals surface area (Å²) in [5.41, 5.74) is 1.16. The van der Waals surface area contributed by atoms with Gasteiger partial charge in [-0.05, 0) is 59.1 Å². The average Bonchev–Trinajstić information content (AvgIpc) is 3.16. The van der Waals surface area contributed by atoms with Crippen LogP contribution in [0.5, 0.6) is 0 Å². The number of sulfonamides is 1. The molecule has 2 saturated heterocycles. The van der Waals surface area contributed by atoms with E-state index < -0.39 is 10.0 Å². The minimum absolute atomic E-state index is 0.0298. The molecule has 1 saturated carbocycles. The van der Waals surface area contributed by atoms with Crippen molar-refractivity contribution >= 4 is 44.1 Å². The summed E-state index contributed by atoms with van der Waals surface area (Å²) in [5.74, 6) is -0.131. The summed E-state index contributed by atoms with van der Waals surface area (Å²) in [6, 6.07) is 3.76. The molecule has 1 aliphatic carbocycles. The molecule has 0 bridgehead atoms. The molecular formula is C24H35ClN6O3S. The molecule has 5 rings (SSSR count). The molecule has 1 aromatic heterocycles. The minimum atomic E-state index is -3.71. The highest BCUT2D eigenvalue weighted by molar-refractivity contribution is 7.89. The maximum atomic E-state index is 13.5. The van der Waals surface area contributed by atoms with Gasteiger partial charge in [0.1, 0.15) is 5.88 Å². The van der Waals surface area contributed by atoms with Gasteiger partial charge in [-0.3, -0.25) is 9.48 Å². The molecule has 2 aromatic rings. The van der Waals surface area contributed by atoms with Crippen molar-refractivity contribution in [3.8, 4) is 0 Å². The molecule has 2 atom stereocenters. The van der Waals surface area contributed by atoms with Crippen molar-refractivity contribution in [3.63, 3.8) is 0 Å². The van der Waals surface area contributed by atoms with Crippen LogP contribution < -0.4 is 14.9 Å². The van der Waals surface area contributed by atoms with Gasteiger partial charge in [0.05, 0.1) is 22.7 Å². The van der Waals surface area contributed by atoms with Gasteiger partial charge in [-0.2, -0.15) is 5.10 Å². The summed E-state index contributed by atoms with van der Waals surface area (Å²) in [5, 5.41) is 9.25. The first kappa shape index (κ1) is 24.8. The zero-order chi connectivity index (χ0) is 25.2. The van der Waals surface area contributed by atoms with E-state index in [0.29, 0.717) is 13.1 Å². The number of rotatable bonds is 6. The van der Waals surface area contributed by atoms with Crippen molar-refractivity contribution in [2.45, 2.75) is 75.0 Å². The predicted octanol–water partition coefficient (Wildman–Crippen LogP) is 2.46. The third-order valence-corrected chi connectivity index (χ3v) is 9.24. The number of benzene rings is 1. The first-order chi connectivity index (χ1) is 16.4. The van der Waals surface area contributed by atoms with E-state index in [9.17, 15) is 13.2 Å². The van der Waals surface area contributed by atoms with Gasteiger partial charge in [-0.15, -0.1) is 11.6 Å². The second-order valence-electron chi connectivity index (χ2n) is 11.4. The second-order valence-corrected chi connectivity index (χ2v) is 13.3. The van der Waals surface area contributed by atoms with E-state index in [0.717, 1.165) is 48.9 Å². The molecular weight excluding hydrogens is 488 g/mol. The number of piperazine rings is 1. The van der Waals surface area contributed by atoms with Crippen LogP contribution in [0.4, 0.5) is 5.69 Å². The van der Waals surface area contributed by atoms with E-state index in [4.69, 9.17) is 16.7 Å². The summed E-state index contributed by atoms with van der Waals surface area (Å²) in [6.07, 6.45) is 4.27. The maximum Gasteiger partial charge on any atom is 0.241 e. The van der Waals surface area contributed by atoms with Gasteiger partial charge in [0.2, 0.25) is 15.9 Å². The molecule has 0 radical (unpaired) electrons. The summed E-state index contributed by atoms with van der Waals surface area (Å²) in [7, 11) is -3.71. The average molecular weight is 523 g/mol.